The Morgan fingerprint density at radius 3 is 2.64 bits per heavy atom. The topological polar surface area (TPSA) is 83.3 Å². The SMILES string of the molecule is O=C(O)c1cccc(-n2cccc2[C@@H]2[C@@H](c3ccccn3)NC(=S)N2Cc2ccncc2)c1. The van der Waals surface area contributed by atoms with Crippen molar-refractivity contribution in [3.8, 4) is 5.69 Å². The van der Waals surface area contributed by atoms with Crippen molar-refractivity contribution in [3.63, 3.8) is 0 Å². The molecule has 1 aliphatic heterocycles. The van der Waals surface area contributed by atoms with E-state index < -0.39 is 5.97 Å². The molecule has 0 amide bonds. The van der Waals surface area contributed by atoms with Crippen molar-refractivity contribution >= 4 is 23.3 Å². The van der Waals surface area contributed by atoms with Crippen LogP contribution in [0.1, 0.15) is 39.4 Å². The predicted octanol–water partition coefficient (Wildman–Crippen LogP) is 4.14. The number of aromatic nitrogens is 3. The lowest BCUT2D eigenvalue weighted by Crippen LogP contribution is -2.30. The number of pyridine rings is 2. The zero-order chi connectivity index (χ0) is 22.8. The fraction of sp³-hybridized carbons (Fsp3) is 0.120. The Labute approximate surface area is 196 Å². The molecule has 1 aliphatic rings. The van der Waals surface area contributed by atoms with Crippen molar-refractivity contribution < 1.29 is 9.90 Å². The van der Waals surface area contributed by atoms with Gasteiger partial charge in [-0.25, -0.2) is 4.79 Å². The molecule has 1 saturated heterocycles. The minimum absolute atomic E-state index is 0.163. The van der Waals surface area contributed by atoms with Crippen LogP contribution in [0, 0.1) is 0 Å². The van der Waals surface area contributed by atoms with Gasteiger partial charge >= 0.3 is 5.97 Å². The first-order valence-corrected chi connectivity index (χ1v) is 10.9. The second-order valence-electron chi connectivity index (χ2n) is 7.77. The molecule has 0 radical (unpaired) electrons. The van der Waals surface area contributed by atoms with E-state index in [1.54, 1.807) is 36.8 Å². The van der Waals surface area contributed by atoms with E-state index in [0.717, 1.165) is 22.6 Å². The Hall–Kier alpha value is -4.04. The molecular formula is C25H21N5O2S. The lowest BCUT2D eigenvalue weighted by molar-refractivity contribution is 0.0697. The number of aromatic carboxylic acids is 1. The molecule has 0 saturated carbocycles. The number of carbonyl (C=O) groups is 1. The molecule has 8 heteroatoms. The van der Waals surface area contributed by atoms with Crippen molar-refractivity contribution in [2.75, 3.05) is 0 Å². The van der Waals surface area contributed by atoms with Gasteiger partial charge in [-0.1, -0.05) is 12.1 Å². The van der Waals surface area contributed by atoms with E-state index in [-0.39, 0.29) is 17.6 Å². The van der Waals surface area contributed by atoms with E-state index in [0.29, 0.717) is 11.7 Å². The van der Waals surface area contributed by atoms with Crippen LogP contribution in [0.3, 0.4) is 0 Å². The molecule has 5 rings (SSSR count). The second-order valence-corrected chi connectivity index (χ2v) is 8.16. The summed E-state index contributed by atoms with van der Waals surface area (Å²) in [5.74, 6) is -0.958. The smallest absolute Gasteiger partial charge is 0.335 e. The largest absolute Gasteiger partial charge is 0.478 e. The number of carboxylic acids is 1. The van der Waals surface area contributed by atoms with Crippen molar-refractivity contribution in [2.24, 2.45) is 0 Å². The van der Waals surface area contributed by atoms with Crippen LogP contribution in [-0.2, 0) is 6.54 Å². The summed E-state index contributed by atoms with van der Waals surface area (Å²) in [7, 11) is 0. The van der Waals surface area contributed by atoms with E-state index in [2.05, 4.69) is 20.2 Å². The number of nitrogens with one attached hydrogen (secondary N) is 1. The van der Waals surface area contributed by atoms with Gasteiger partial charge in [0.05, 0.1) is 23.3 Å². The summed E-state index contributed by atoms with van der Waals surface area (Å²) in [5.41, 5.74) is 3.97. The first-order chi connectivity index (χ1) is 16.1. The zero-order valence-corrected chi connectivity index (χ0v) is 18.4. The average molecular weight is 456 g/mol. The molecule has 1 aromatic carbocycles. The van der Waals surface area contributed by atoms with Crippen LogP contribution >= 0.6 is 12.2 Å². The summed E-state index contributed by atoms with van der Waals surface area (Å²) in [5, 5.41) is 13.6. The molecule has 33 heavy (non-hydrogen) atoms. The van der Waals surface area contributed by atoms with Crippen LogP contribution in [0.2, 0.25) is 0 Å². The van der Waals surface area contributed by atoms with Gasteiger partial charge in [-0.05, 0) is 72.4 Å². The predicted molar refractivity (Wildman–Crippen MR) is 128 cm³/mol. The molecule has 3 aromatic heterocycles. The lowest BCUT2D eigenvalue weighted by Gasteiger charge is -2.29. The number of rotatable bonds is 6. The van der Waals surface area contributed by atoms with Gasteiger partial charge in [0.15, 0.2) is 5.11 Å². The second kappa shape index (κ2) is 8.84. The zero-order valence-electron chi connectivity index (χ0n) is 17.6. The normalized spacial score (nSPS) is 17.7. The van der Waals surface area contributed by atoms with Gasteiger partial charge in [0.1, 0.15) is 0 Å². The van der Waals surface area contributed by atoms with Crippen molar-refractivity contribution in [2.45, 2.75) is 18.6 Å². The van der Waals surface area contributed by atoms with Crippen LogP contribution in [0.25, 0.3) is 5.69 Å². The molecule has 2 atom stereocenters. The minimum Gasteiger partial charge on any atom is -0.478 e. The van der Waals surface area contributed by atoms with Crippen molar-refractivity contribution in [3.05, 3.63) is 114 Å². The monoisotopic (exact) mass is 455 g/mol. The number of nitrogens with zero attached hydrogens (tertiary/aromatic N) is 4. The third-order valence-corrected chi connectivity index (χ3v) is 6.11. The van der Waals surface area contributed by atoms with Crippen LogP contribution in [-0.4, -0.2) is 35.6 Å². The van der Waals surface area contributed by atoms with Crippen LogP contribution in [0.5, 0.6) is 0 Å². The first kappa shape index (κ1) is 20.8. The third kappa shape index (κ3) is 4.08. The number of hydrogen-bond acceptors (Lipinski definition) is 4. The molecule has 0 unspecified atom stereocenters. The van der Waals surface area contributed by atoms with E-state index in [1.807, 2.05) is 59.3 Å². The highest BCUT2D eigenvalue weighted by molar-refractivity contribution is 7.80. The van der Waals surface area contributed by atoms with Crippen LogP contribution in [0.4, 0.5) is 0 Å². The Balaban J connectivity index is 1.61. The number of hydrogen-bond donors (Lipinski definition) is 2. The number of carboxylic acid groups (broad SMARTS) is 1. The van der Waals surface area contributed by atoms with Crippen molar-refractivity contribution in [1.82, 2.24) is 24.8 Å². The van der Waals surface area contributed by atoms with Gasteiger partial charge in [-0.3, -0.25) is 9.97 Å². The molecule has 2 N–H and O–H groups in total. The van der Waals surface area contributed by atoms with E-state index >= 15 is 0 Å². The summed E-state index contributed by atoms with van der Waals surface area (Å²) < 4.78 is 2.02. The maximum atomic E-state index is 11.5. The Morgan fingerprint density at radius 1 is 1.03 bits per heavy atom. The molecule has 4 aromatic rings. The Kier molecular flexibility index (Phi) is 5.58. The standard InChI is InChI=1S/C25H21N5O2S/c31-24(32)18-5-3-6-19(15-18)29-14-4-8-21(29)23-22(20-7-1-2-11-27-20)28-25(33)30(23)16-17-9-12-26-13-10-17/h1-15,22-23H,16H2,(H,28,33)(H,31,32)/t22-,23-/m1/s1. The molecule has 0 spiro atoms. The highest BCUT2D eigenvalue weighted by Crippen LogP contribution is 2.40. The van der Waals surface area contributed by atoms with Gasteiger partial charge in [-0.2, -0.15) is 0 Å². The third-order valence-electron chi connectivity index (χ3n) is 5.75. The average Bonchev–Trinajstić information content (AvgIpc) is 3.45. The fourth-order valence-electron chi connectivity index (χ4n) is 4.24. The lowest BCUT2D eigenvalue weighted by atomic mass is 10.0. The van der Waals surface area contributed by atoms with E-state index in [1.165, 1.54) is 0 Å². The summed E-state index contributed by atoms with van der Waals surface area (Å²) in [4.78, 5) is 22.4. The van der Waals surface area contributed by atoms with Crippen LogP contribution in [0.15, 0.2) is 91.5 Å². The van der Waals surface area contributed by atoms with Gasteiger partial charge in [0, 0.05) is 42.7 Å². The molecule has 4 heterocycles. The van der Waals surface area contributed by atoms with Gasteiger partial charge in [0.25, 0.3) is 0 Å². The first-order valence-electron chi connectivity index (χ1n) is 10.5. The maximum absolute atomic E-state index is 11.5. The van der Waals surface area contributed by atoms with Crippen molar-refractivity contribution in [1.29, 1.82) is 0 Å². The number of benzene rings is 1. The van der Waals surface area contributed by atoms with Gasteiger partial charge in [0.2, 0.25) is 0 Å². The van der Waals surface area contributed by atoms with E-state index in [9.17, 15) is 9.90 Å². The fourth-order valence-corrected chi connectivity index (χ4v) is 4.55. The summed E-state index contributed by atoms with van der Waals surface area (Å²) in [6.07, 6.45) is 7.26. The van der Waals surface area contributed by atoms with E-state index in [4.69, 9.17) is 12.2 Å². The molecule has 0 aliphatic carbocycles. The summed E-state index contributed by atoms with van der Waals surface area (Å²) in [6.45, 7) is 0.600. The highest BCUT2D eigenvalue weighted by atomic mass is 32.1. The molecule has 7 nitrogen and oxygen atoms in total. The van der Waals surface area contributed by atoms with Crippen LogP contribution < -0.4 is 5.32 Å². The number of thiocarbonyl (C=S) groups is 1. The molecule has 164 valence electrons. The summed E-state index contributed by atoms with van der Waals surface area (Å²) in [6, 6.07) is 20.4. The summed E-state index contributed by atoms with van der Waals surface area (Å²) >= 11 is 5.77. The Bertz CT molecular complexity index is 1290. The maximum Gasteiger partial charge on any atom is 0.335 e. The quantitative estimate of drug-likeness (QED) is 0.423. The Morgan fingerprint density at radius 2 is 1.88 bits per heavy atom. The van der Waals surface area contributed by atoms with Gasteiger partial charge < -0.3 is 19.9 Å². The molecule has 1 fully saturated rings. The molecular weight excluding hydrogens is 434 g/mol. The minimum atomic E-state index is -0.958. The molecule has 0 bridgehead atoms. The van der Waals surface area contributed by atoms with Gasteiger partial charge in [-0.15, -0.1) is 0 Å². The highest BCUT2D eigenvalue weighted by Gasteiger charge is 2.41.